The number of aromatic amines is 1. The van der Waals surface area contributed by atoms with Gasteiger partial charge in [-0.15, -0.1) is 0 Å². The summed E-state index contributed by atoms with van der Waals surface area (Å²) in [7, 11) is -4.57. The minimum Gasteiger partial charge on any atom is -0.476 e. The Morgan fingerprint density at radius 3 is 2.53 bits per heavy atom. The Bertz CT molecular complexity index is 2760. The number of hydrogen-bond donors (Lipinski definition) is 3. The van der Waals surface area contributed by atoms with Gasteiger partial charge < -0.3 is 34.3 Å². The smallest absolute Gasteiger partial charge is 0.293 e. The molecule has 1 spiro atoms. The van der Waals surface area contributed by atoms with E-state index >= 15 is 0 Å². The van der Waals surface area contributed by atoms with Crippen LogP contribution in [0.1, 0.15) is 91.2 Å². The Morgan fingerprint density at radius 2 is 1.74 bits per heavy atom. The van der Waals surface area contributed by atoms with Crippen LogP contribution in [0.15, 0.2) is 83.9 Å². The van der Waals surface area contributed by atoms with E-state index in [0.717, 1.165) is 36.1 Å². The number of carbonyl (C=O) groups is 1. The number of hydrogen-bond acceptors (Lipinski definition) is 13. The zero-order chi connectivity index (χ0) is 45.0. The highest BCUT2D eigenvalue weighted by Crippen LogP contribution is 2.51. The summed E-state index contributed by atoms with van der Waals surface area (Å²) in [5.74, 6) is 0.287. The number of ether oxygens (including phenoxy) is 3. The van der Waals surface area contributed by atoms with Crippen molar-refractivity contribution in [2.45, 2.75) is 86.8 Å². The first-order valence-electron chi connectivity index (χ1n) is 23.5. The monoisotopic (exact) mass is 916 g/mol. The summed E-state index contributed by atoms with van der Waals surface area (Å²) in [5.41, 5.74) is 5.95. The van der Waals surface area contributed by atoms with Crippen LogP contribution in [0.5, 0.6) is 5.88 Å². The molecule has 346 valence electrons. The Morgan fingerprint density at radius 1 is 0.909 bits per heavy atom. The molecule has 11 rings (SSSR count). The van der Waals surface area contributed by atoms with E-state index in [-0.39, 0.29) is 29.3 Å². The SMILES string of the molecule is O=C(NS(=O)(=O)c1ccc(NC[C@H]2COCCO2)c([N+](=O)[O-])c1)c1ccc(N2CC3(CCC(N4CCCC4c4ccccc4C4CC4)CC3)C2)cc1N1CCCOc2nc3[nH]ccc3cc21. The van der Waals surface area contributed by atoms with Gasteiger partial charge in [-0.2, -0.15) is 4.98 Å². The van der Waals surface area contributed by atoms with Crippen molar-refractivity contribution >= 4 is 55.4 Å². The summed E-state index contributed by atoms with van der Waals surface area (Å²) in [6.07, 6.45) is 11.9. The number of anilines is 4. The first kappa shape index (κ1) is 42.9. The molecule has 3 saturated heterocycles. The van der Waals surface area contributed by atoms with Crippen molar-refractivity contribution in [3.05, 3.63) is 106 Å². The fraction of sp³-hybridized carbons (Fsp3) is 0.469. The van der Waals surface area contributed by atoms with E-state index in [9.17, 15) is 23.3 Å². The number of amides is 1. The second kappa shape index (κ2) is 17.5. The van der Waals surface area contributed by atoms with Crippen LogP contribution in [0.4, 0.5) is 28.4 Å². The van der Waals surface area contributed by atoms with Crippen LogP contribution in [-0.2, 0) is 19.5 Å². The average Bonchev–Trinajstić information content (AvgIpc) is 3.94. The lowest BCUT2D eigenvalue weighted by atomic mass is 9.67. The van der Waals surface area contributed by atoms with Crippen LogP contribution < -0.4 is 24.6 Å². The molecular weight excluding hydrogens is 861 g/mol. The number of aromatic nitrogens is 2. The van der Waals surface area contributed by atoms with E-state index in [1.54, 1.807) is 17.2 Å². The molecule has 16 nitrogen and oxygen atoms in total. The first-order chi connectivity index (χ1) is 32.1. The third-order valence-electron chi connectivity index (χ3n) is 14.7. The lowest BCUT2D eigenvalue weighted by molar-refractivity contribution is -0.384. The summed E-state index contributed by atoms with van der Waals surface area (Å²) in [6.45, 7) is 5.32. The van der Waals surface area contributed by atoms with Crippen LogP contribution in [-0.4, -0.2) is 105 Å². The topological polar surface area (TPSA) is 185 Å². The van der Waals surface area contributed by atoms with Gasteiger partial charge in [0, 0.05) is 67.0 Å². The number of fused-ring (bicyclic) bond motifs is 2. The minimum absolute atomic E-state index is 0.121. The fourth-order valence-electron chi connectivity index (χ4n) is 11.2. The quantitative estimate of drug-likeness (QED) is 0.0815. The van der Waals surface area contributed by atoms with Gasteiger partial charge in [0.05, 0.1) is 53.6 Å². The van der Waals surface area contributed by atoms with Gasteiger partial charge in [0.2, 0.25) is 5.88 Å². The van der Waals surface area contributed by atoms with Gasteiger partial charge in [0.15, 0.2) is 0 Å². The van der Waals surface area contributed by atoms with Gasteiger partial charge in [-0.05, 0) is 124 Å². The molecule has 3 aromatic carbocycles. The predicted octanol–water partition coefficient (Wildman–Crippen LogP) is 7.80. The lowest BCUT2D eigenvalue weighted by Gasteiger charge is -2.55. The molecule has 2 saturated carbocycles. The van der Waals surface area contributed by atoms with Gasteiger partial charge in [0.1, 0.15) is 17.0 Å². The zero-order valence-electron chi connectivity index (χ0n) is 37.0. The molecule has 1 amide bonds. The van der Waals surface area contributed by atoms with Crippen molar-refractivity contribution in [3.8, 4) is 5.88 Å². The molecule has 5 aromatic rings. The molecule has 0 radical (unpaired) electrons. The third kappa shape index (κ3) is 8.35. The number of nitro groups is 1. The lowest BCUT2D eigenvalue weighted by Crippen LogP contribution is -2.59. The summed E-state index contributed by atoms with van der Waals surface area (Å²) < 4.78 is 47.3. The first-order valence-corrected chi connectivity index (χ1v) is 25.0. The number of sulfonamides is 1. The van der Waals surface area contributed by atoms with Crippen LogP contribution in [0.2, 0.25) is 0 Å². The number of carbonyl (C=O) groups excluding carboxylic acids is 1. The number of H-pyrrole nitrogens is 1. The van der Waals surface area contributed by atoms with Crippen molar-refractivity contribution < 1.29 is 32.3 Å². The number of likely N-dealkylation sites (tertiary alicyclic amines) is 1. The summed E-state index contributed by atoms with van der Waals surface area (Å²) in [6, 6.07) is 23.3. The molecule has 5 fully saturated rings. The number of nitrogens with one attached hydrogen (secondary N) is 3. The molecule has 2 atom stereocenters. The second-order valence-electron chi connectivity index (χ2n) is 19.0. The van der Waals surface area contributed by atoms with E-state index in [1.165, 1.54) is 70.0 Å². The Labute approximate surface area is 384 Å². The molecule has 1 unspecified atom stereocenters. The van der Waals surface area contributed by atoms with E-state index in [2.05, 4.69) is 49.1 Å². The molecule has 2 aromatic heterocycles. The normalized spacial score (nSPS) is 22.4. The van der Waals surface area contributed by atoms with E-state index < -0.39 is 31.4 Å². The summed E-state index contributed by atoms with van der Waals surface area (Å²) in [5, 5.41) is 16.0. The van der Waals surface area contributed by atoms with E-state index in [4.69, 9.17) is 19.2 Å². The highest BCUT2D eigenvalue weighted by molar-refractivity contribution is 7.90. The standard InChI is InChI=1S/C49H56N8O8S/c58-47(53-66(61,62)37-11-13-41(44(27-37)57(59)60)51-28-36-29-63-23-24-64-36)40-12-10-35(26-43(40)56-21-4-22-65-48-45(56)25-33-16-19-50-46(33)52-48)54-30-49(31-54)17-14-34(15-18-49)55-20-3-7-42(55)39-6-2-1-5-38(39)32-8-9-32/h1-2,5-6,10-13,16,19,25-27,32,34,36,42,51H,3-4,7-9,14-15,17-18,20-24,28-31H2,(H,50,52)(H,53,58)/t36-,42?/m0/s1. The maximum atomic E-state index is 14.4. The van der Waals surface area contributed by atoms with Gasteiger partial charge >= 0.3 is 0 Å². The van der Waals surface area contributed by atoms with Gasteiger partial charge in [-0.1, -0.05) is 24.3 Å². The Kier molecular flexibility index (Phi) is 11.3. The van der Waals surface area contributed by atoms with Crippen LogP contribution in [0.25, 0.3) is 11.0 Å². The van der Waals surface area contributed by atoms with Crippen molar-refractivity contribution in [1.29, 1.82) is 0 Å². The molecule has 4 aliphatic heterocycles. The number of nitro benzene ring substituents is 1. The minimum atomic E-state index is -4.57. The molecule has 0 bridgehead atoms. The number of pyridine rings is 1. The highest BCUT2D eigenvalue weighted by atomic mass is 32.2. The summed E-state index contributed by atoms with van der Waals surface area (Å²) in [4.78, 5) is 40.6. The van der Waals surface area contributed by atoms with Crippen LogP contribution >= 0.6 is 0 Å². The maximum absolute atomic E-state index is 14.4. The largest absolute Gasteiger partial charge is 0.476 e. The second-order valence-corrected chi connectivity index (χ2v) is 20.7. The highest BCUT2D eigenvalue weighted by Gasteiger charge is 2.47. The van der Waals surface area contributed by atoms with Gasteiger partial charge in [0.25, 0.3) is 21.6 Å². The third-order valence-corrected chi connectivity index (χ3v) is 16.1. The maximum Gasteiger partial charge on any atom is 0.293 e. The Hall–Kier alpha value is -5.75. The number of rotatable bonds is 12. The van der Waals surface area contributed by atoms with Crippen LogP contribution in [0, 0.1) is 15.5 Å². The molecule has 2 aliphatic carbocycles. The van der Waals surface area contributed by atoms with Crippen molar-refractivity contribution in [1.82, 2.24) is 19.6 Å². The predicted molar refractivity (Wildman–Crippen MR) is 250 cm³/mol. The molecule has 6 heterocycles. The summed E-state index contributed by atoms with van der Waals surface area (Å²) >= 11 is 0. The Balaban J connectivity index is 0.838. The average molecular weight is 917 g/mol. The van der Waals surface area contributed by atoms with Crippen molar-refractivity contribution in [2.75, 3.05) is 74.3 Å². The van der Waals surface area contributed by atoms with Crippen LogP contribution in [0.3, 0.4) is 0 Å². The number of benzene rings is 3. The molecule has 6 aliphatic rings. The van der Waals surface area contributed by atoms with Crippen molar-refractivity contribution in [2.24, 2.45) is 5.41 Å². The van der Waals surface area contributed by atoms with Gasteiger partial charge in [-0.25, -0.2) is 13.1 Å². The van der Waals surface area contributed by atoms with E-state index in [1.807, 2.05) is 35.4 Å². The van der Waals surface area contributed by atoms with Crippen molar-refractivity contribution in [3.63, 3.8) is 0 Å². The molecule has 3 N–H and O–H groups in total. The van der Waals surface area contributed by atoms with E-state index in [0.29, 0.717) is 74.4 Å². The zero-order valence-corrected chi connectivity index (χ0v) is 37.8. The fourth-order valence-corrected chi connectivity index (χ4v) is 12.2. The molecule has 66 heavy (non-hydrogen) atoms. The van der Waals surface area contributed by atoms with Gasteiger partial charge in [-0.3, -0.25) is 19.8 Å². The molecular formula is C49H56N8O8S. The molecule has 17 heteroatoms. The number of nitrogens with zero attached hydrogens (tertiary/aromatic N) is 5.